The molecule has 0 unspecified atom stereocenters. The average Bonchev–Trinajstić information content (AvgIpc) is 3.97. The molecule has 72 heavy (non-hydrogen) atoms. The Morgan fingerprint density at radius 2 is 0.694 bits per heavy atom. The minimum atomic E-state index is 0.461. The molecule has 13 aromatic rings. The number of hydrogen-bond donors (Lipinski definition) is 0. The molecule has 0 saturated heterocycles. The average molecular weight is 918 g/mol. The van der Waals surface area contributed by atoms with E-state index in [0.717, 1.165) is 105 Å². The summed E-state index contributed by atoms with van der Waals surface area (Å²) in [6, 6.07) is 85.5. The summed E-state index contributed by atoms with van der Waals surface area (Å²) in [5, 5.41) is 25.6. The molecule has 7 heteroatoms. The largest absolute Gasteiger partial charge is 0.309 e. The number of nitriles is 2. The third-order valence-corrected chi connectivity index (χ3v) is 13.7. The highest BCUT2D eigenvalue weighted by molar-refractivity contribution is 6.12. The van der Waals surface area contributed by atoms with Gasteiger partial charge >= 0.3 is 0 Å². The van der Waals surface area contributed by atoms with Crippen LogP contribution in [0.3, 0.4) is 0 Å². The van der Waals surface area contributed by atoms with Crippen molar-refractivity contribution in [2.45, 2.75) is 0 Å². The Kier molecular flexibility index (Phi) is 10.1. The maximum Gasteiger partial charge on any atom is 0.164 e. The Labute approximate surface area is 415 Å². The summed E-state index contributed by atoms with van der Waals surface area (Å²) in [7, 11) is 0. The van der Waals surface area contributed by atoms with Crippen molar-refractivity contribution in [3.63, 3.8) is 0 Å². The SMILES string of the molecule is N#Cc1ccccc1-c1ccc(-c2nc(-c3ccccc3)nc(-c3ccc(C#N)c(-n4c5ccccc5c5cc(-c6ccccc6)ccc54)c3)n2)cc1-n1c2ccccc2c2cc(-c3ccccc3)ccc21. The van der Waals surface area contributed by atoms with Crippen LogP contribution < -0.4 is 0 Å². The summed E-state index contributed by atoms with van der Waals surface area (Å²) in [5.74, 6) is 1.45. The van der Waals surface area contributed by atoms with Gasteiger partial charge < -0.3 is 9.13 Å². The highest BCUT2D eigenvalue weighted by Gasteiger charge is 2.22. The van der Waals surface area contributed by atoms with E-state index in [4.69, 9.17) is 15.0 Å². The van der Waals surface area contributed by atoms with Gasteiger partial charge in [0.25, 0.3) is 0 Å². The lowest BCUT2D eigenvalue weighted by atomic mass is 9.96. The molecular formula is C65H39N7. The molecule has 334 valence electrons. The summed E-state index contributed by atoms with van der Waals surface area (Å²) in [6.45, 7) is 0. The second-order valence-electron chi connectivity index (χ2n) is 17.8. The Balaban J connectivity index is 1.03. The summed E-state index contributed by atoms with van der Waals surface area (Å²) >= 11 is 0. The predicted octanol–water partition coefficient (Wildman–Crippen LogP) is 15.8. The smallest absolute Gasteiger partial charge is 0.164 e. The van der Waals surface area contributed by atoms with Crippen molar-refractivity contribution in [3.8, 4) is 91.1 Å². The van der Waals surface area contributed by atoms with Crippen LogP contribution in [0.2, 0.25) is 0 Å². The molecule has 0 aliphatic carbocycles. The maximum atomic E-state index is 10.7. The number of rotatable bonds is 8. The Morgan fingerprint density at radius 3 is 1.25 bits per heavy atom. The first kappa shape index (κ1) is 41.9. The van der Waals surface area contributed by atoms with Crippen molar-refractivity contribution in [3.05, 3.63) is 248 Å². The highest BCUT2D eigenvalue weighted by atomic mass is 15.0. The Bertz CT molecular complexity index is 4350. The molecule has 3 aromatic heterocycles. The molecular weight excluding hydrogens is 879 g/mol. The molecule has 0 N–H and O–H groups in total. The zero-order valence-electron chi connectivity index (χ0n) is 38.6. The van der Waals surface area contributed by atoms with Gasteiger partial charge in [-0.15, -0.1) is 0 Å². The molecule has 0 aliphatic rings. The van der Waals surface area contributed by atoms with E-state index in [1.165, 1.54) is 0 Å². The van der Waals surface area contributed by atoms with Gasteiger partial charge in [0.2, 0.25) is 0 Å². The van der Waals surface area contributed by atoms with E-state index >= 15 is 0 Å². The van der Waals surface area contributed by atoms with Gasteiger partial charge in [-0.1, -0.05) is 170 Å². The van der Waals surface area contributed by atoms with E-state index in [-0.39, 0.29) is 0 Å². The molecule has 0 aliphatic heterocycles. The summed E-state index contributed by atoms with van der Waals surface area (Å²) in [6.07, 6.45) is 0. The number of benzene rings is 10. The predicted molar refractivity (Wildman–Crippen MR) is 291 cm³/mol. The van der Waals surface area contributed by atoms with Gasteiger partial charge in [0, 0.05) is 49.4 Å². The third-order valence-electron chi connectivity index (χ3n) is 13.7. The van der Waals surface area contributed by atoms with E-state index in [2.05, 4.69) is 161 Å². The van der Waals surface area contributed by atoms with E-state index in [0.29, 0.717) is 28.6 Å². The highest BCUT2D eigenvalue weighted by Crippen LogP contribution is 2.41. The van der Waals surface area contributed by atoms with Crippen LogP contribution in [-0.2, 0) is 0 Å². The lowest BCUT2D eigenvalue weighted by Gasteiger charge is -2.17. The second-order valence-corrected chi connectivity index (χ2v) is 17.8. The second kappa shape index (κ2) is 17.4. The van der Waals surface area contributed by atoms with E-state index < -0.39 is 0 Å². The third kappa shape index (κ3) is 7.08. The molecule has 13 rings (SSSR count). The van der Waals surface area contributed by atoms with E-state index in [1.807, 2.05) is 97.1 Å². The minimum Gasteiger partial charge on any atom is -0.309 e. The van der Waals surface area contributed by atoms with Crippen molar-refractivity contribution in [2.75, 3.05) is 0 Å². The van der Waals surface area contributed by atoms with Gasteiger partial charge in [0.15, 0.2) is 17.5 Å². The van der Waals surface area contributed by atoms with E-state index in [1.54, 1.807) is 0 Å². The van der Waals surface area contributed by atoms with Gasteiger partial charge in [-0.05, 0) is 89.0 Å². The summed E-state index contributed by atoms with van der Waals surface area (Å²) < 4.78 is 4.48. The van der Waals surface area contributed by atoms with Crippen LogP contribution in [0, 0.1) is 22.7 Å². The zero-order valence-corrected chi connectivity index (χ0v) is 38.6. The van der Waals surface area contributed by atoms with Crippen LogP contribution in [0.1, 0.15) is 11.1 Å². The zero-order chi connectivity index (χ0) is 48.1. The van der Waals surface area contributed by atoms with Crippen LogP contribution >= 0.6 is 0 Å². The first-order chi connectivity index (χ1) is 35.6. The van der Waals surface area contributed by atoms with Crippen molar-refractivity contribution in [1.82, 2.24) is 24.1 Å². The molecule has 7 nitrogen and oxygen atoms in total. The maximum absolute atomic E-state index is 10.7. The van der Waals surface area contributed by atoms with Gasteiger partial charge in [-0.3, -0.25) is 0 Å². The molecule has 0 atom stereocenters. The molecule has 10 aromatic carbocycles. The van der Waals surface area contributed by atoms with Gasteiger partial charge in [-0.2, -0.15) is 10.5 Å². The van der Waals surface area contributed by atoms with E-state index in [9.17, 15) is 10.5 Å². The van der Waals surface area contributed by atoms with Crippen molar-refractivity contribution in [1.29, 1.82) is 10.5 Å². The van der Waals surface area contributed by atoms with Gasteiger partial charge in [0.1, 0.15) is 6.07 Å². The molecule has 0 fully saturated rings. The molecule has 0 radical (unpaired) electrons. The lowest BCUT2D eigenvalue weighted by Crippen LogP contribution is -2.03. The normalized spacial score (nSPS) is 11.3. The fraction of sp³-hybridized carbons (Fsp3) is 0. The minimum absolute atomic E-state index is 0.461. The molecule has 0 spiro atoms. The summed E-state index contributed by atoms with van der Waals surface area (Å²) in [5.41, 5.74) is 15.3. The molecule has 0 bridgehead atoms. The van der Waals surface area contributed by atoms with Crippen LogP contribution in [0.15, 0.2) is 237 Å². The Hall–Kier alpha value is -10.2. The van der Waals surface area contributed by atoms with Gasteiger partial charge in [0.05, 0.1) is 50.6 Å². The number of fused-ring (bicyclic) bond motifs is 6. The van der Waals surface area contributed by atoms with Crippen molar-refractivity contribution in [2.24, 2.45) is 0 Å². The number of aromatic nitrogens is 5. The van der Waals surface area contributed by atoms with Crippen LogP contribution in [0.25, 0.3) is 123 Å². The van der Waals surface area contributed by atoms with Crippen molar-refractivity contribution >= 4 is 43.6 Å². The first-order valence-electron chi connectivity index (χ1n) is 23.8. The fourth-order valence-electron chi connectivity index (χ4n) is 10.3. The van der Waals surface area contributed by atoms with Gasteiger partial charge in [-0.25, -0.2) is 15.0 Å². The Morgan fingerprint density at radius 1 is 0.278 bits per heavy atom. The standard InChI is InChI=1S/C65H39N7/c66-40-49-22-10-11-23-51(49)54-33-30-48(39-62(54)72-58-27-15-13-25-53(58)56-37-46(32-35-60(56)72)43-18-6-2-7-19-43)65-69-63(44-20-8-3-9-21-44)68-64(70-65)47-28-29-50(41-67)61(38-47)71-57-26-14-12-24-52(57)55-36-45(31-34-59(55)71)42-16-4-1-5-17-42/h1-39H. The van der Waals surface area contributed by atoms with Crippen LogP contribution in [0.4, 0.5) is 0 Å². The monoisotopic (exact) mass is 917 g/mol. The topological polar surface area (TPSA) is 96.1 Å². The molecule has 0 saturated carbocycles. The first-order valence-corrected chi connectivity index (χ1v) is 23.8. The number of para-hydroxylation sites is 2. The number of hydrogen-bond acceptors (Lipinski definition) is 5. The quantitative estimate of drug-likeness (QED) is 0.151. The lowest BCUT2D eigenvalue weighted by molar-refractivity contribution is 1.07. The molecule has 3 heterocycles. The summed E-state index contributed by atoms with van der Waals surface area (Å²) in [4.78, 5) is 15.7. The van der Waals surface area contributed by atoms with Crippen molar-refractivity contribution < 1.29 is 0 Å². The van der Waals surface area contributed by atoms with Crippen LogP contribution in [0.5, 0.6) is 0 Å². The number of nitrogens with zero attached hydrogens (tertiary/aromatic N) is 7. The fourth-order valence-corrected chi connectivity index (χ4v) is 10.3. The van der Waals surface area contributed by atoms with Crippen LogP contribution in [-0.4, -0.2) is 24.1 Å². The molecule has 0 amide bonds.